The van der Waals surface area contributed by atoms with Gasteiger partial charge in [-0.1, -0.05) is 6.07 Å². The fourth-order valence-electron chi connectivity index (χ4n) is 2.87. The molecule has 2 aromatic heterocycles. The summed E-state index contributed by atoms with van der Waals surface area (Å²) in [6.45, 7) is 0.602. The molecule has 0 saturated heterocycles. The Kier molecular flexibility index (Phi) is 3.80. The van der Waals surface area contributed by atoms with Gasteiger partial charge in [0.1, 0.15) is 5.65 Å². The van der Waals surface area contributed by atoms with E-state index < -0.39 is 0 Å². The molecule has 1 N–H and O–H groups in total. The Bertz CT molecular complexity index is 653. The SMILES string of the molecule is COC1CCCC1NCc1cc(=O)n2ccccc2n1. The van der Waals surface area contributed by atoms with E-state index in [1.165, 1.54) is 6.42 Å². The number of ether oxygens (including phenoxy) is 1. The van der Waals surface area contributed by atoms with Crippen LogP contribution in [0.1, 0.15) is 25.0 Å². The monoisotopic (exact) mass is 273 g/mol. The third kappa shape index (κ3) is 2.59. The van der Waals surface area contributed by atoms with Crippen LogP contribution in [-0.2, 0) is 11.3 Å². The molecule has 2 atom stereocenters. The van der Waals surface area contributed by atoms with Gasteiger partial charge in [-0.05, 0) is 31.4 Å². The summed E-state index contributed by atoms with van der Waals surface area (Å²) in [5.74, 6) is 0. The zero-order chi connectivity index (χ0) is 13.9. The molecule has 5 nitrogen and oxygen atoms in total. The van der Waals surface area contributed by atoms with Gasteiger partial charge in [-0.25, -0.2) is 4.98 Å². The van der Waals surface area contributed by atoms with Crippen molar-refractivity contribution in [1.82, 2.24) is 14.7 Å². The highest BCUT2D eigenvalue weighted by atomic mass is 16.5. The van der Waals surface area contributed by atoms with Crippen molar-refractivity contribution in [2.45, 2.75) is 38.0 Å². The standard InChI is InChI=1S/C15H19N3O2/c1-20-13-6-4-5-12(13)16-10-11-9-15(19)18-8-3-2-7-14(18)17-11/h2-3,7-9,12-13,16H,4-6,10H2,1H3. The first kappa shape index (κ1) is 13.3. The van der Waals surface area contributed by atoms with Crippen LogP contribution in [0.5, 0.6) is 0 Å². The molecule has 106 valence electrons. The highest BCUT2D eigenvalue weighted by molar-refractivity contribution is 5.37. The van der Waals surface area contributed by atoms with E-state index in [2.05, 4.69) is 10.3 Å². The van der Waals surface area contributed by atoms with Crippen LogP contribution >= 0.6 is 0 Å². The Hall–Kier alpha value is -1.72. The van der Waals surface area contributed by atoms with E-state index in [0.717, 1.165) is 18.5 Å². The van der Waals surface area contributed by atoms with Crippen molar-refractivity contribution in [1.29, 1.82) is 0 Å². The zero-order valence-corrected chi connectivity index (χ0v) is 11.6. The maximum absolute atomic E-state index is 12.0. The highest BCUT2D eigenvalue weighted by Gasteiger charge is 2.26. The van der Waals surface area contributed by atoms with Crippen LogP contribution < -0.4 is 10.9 Å². The second-order valence-corrected chi connectivity index (χ2v) is 5.21. The third-order valence-corrected chi connectivity index (χ3v) is 3.92. The molecular formula is C15H19N3O2. The first-order chi connectivity index (χ1) is 9.78. The quantitative estimate of drug-likeness (QED) is 0.913. The van der Waals surface area contributed by atoms with Gasteiger partial charge >= 0.3 is 0 Å². The van der Waals surface area contributed by atoms with E-state index >= 15 is 0 Å². The van der Waals surface area contributed by atoms with Crippen molar-refractivity contribution in [2.24, 2.45) is 0 Å². The summed E-state index contributed by atoms with van der Waals surface area (Å²) in [5, 5.41) is 3.46. The molecular weight excluding hydrogens is 254 g/mol. The average Bonchev–Trinajstić information content (AvgIpc) is 2.93. The molecule has 0 amide bonds. The van der Waals surface area contributed by atoms with Crippen molar-refractivity contribution in [2.75, 3.05) is 7.11 Å². The second kappa shape index (κ2) is 5.73. The van der Waals surface area contributed by atoms with Gasteiger partial charge in [-0.15, -0.1) is 0 Å². The molecule has 20 heavy (non-hydrogen) atoms. The Morgan fingerprint density at radius 2 is 2.35 bits per heavy atom. The molecule has 3 rings (SSSR count). The minimum atomic E-state index is -0.0397. The van der Waals surface area contributed by atoms with Gasteiger partial charge < -0.3 is 10.1 Å². The molecule has 2 aromatic rings. The van der Waals surface area contributed by atoms with E-state index in [0.29, 0.717) is 18.2 Å². The first-order valence-electron chi connectivity index (χ1n) is 7.01. The van der Waals surface area contributed by atoms with E-state index in [1.54, 1.807) is 23.8 Å². The molecule has 1 fully saturated rings. The molecule has 1 aliphatic rings. The van der Waals surface area contributed by atoms with Crippen LogP contribution in [0.25, 0.3) is 5.65 Å². The number of methoxy groups -OCH3 is 1. The van der Waals surface area contributed by atoms with Gasteiger partial charge in [0.25, 0.3) is 5.56 Å². The van der Waals surface area contributed by atoms with Crippen molar-refractivity contribution >= 4 is 5.65 Å². The largest absolute Gasteiger partial charge is 0.380 e. The van der Waals surface area contributed by atoms with Crippen LogP contribution in [0.2, 0.25) is 0 Å². The predicted molar refractivity (Wildman–Crippen MR) is 76.7 cm³/mol. The van der Waals surface area contributed by atoms with Crippen LogP contribution in [0.15, 0.2) is 35.3 Å². The van der Waals surface area contributed by atoms with Crippen molar-refractivity contribution in [3.63, 3.8) is 0 Å². The lowest BCUT2D eigenvalue weighted by molar-refractivity contribution is 0.0846. The predicted octanol–water partition coefficient (Wildman–Crippen LogP) is 1.35. The lowest BCUT2D eigenvalue weighted by atomic mass is 10.2. The van der Waals surface area contributed by atoms with E-state index in [9.17, 15) is 4.79 Å². The molecule has 2 unspecified atom stereocenters. The van der Waals surface area contributed by atoms with Gasteiger partial charge in [0.05, 0.1) is 11.8 Å². The smallest absolute Gasteiger partial charge is 0.258 e. The Morgan fingerprint density at radius 1 is 1.45 bits per heavy atom. The molecule has 0 aliphatic heterocycles. The first-order valence-corrected chi connectivity index (χ1v) is 7.01. The Labute approximate surface area is 117 Å². The molecule has 1 aliphatic carbocycles. The summed E-state index contributed by atoms with van der Waals surface area (Å²) in [4.78, 5) is 16.5. The fraction of sp³-hybridized carbons (Fsp3) is 0.467. The lowest BCUT2D eigenvalue weighted by Gasteiger charge is -2.19. The van der Waals surface area contributed by atoms with Gasteiger partial charge in [-0.3, -0.25) is 9.20 Å². The van der Waals surface area contributed by atoms with E-state index in [-0.39, 0.29) is 11.7 Å². The van der Waals surface area contributed by atoms with Gasteiger partial charge in [-0.2, -0.15) is 0 Å². The summed E-state index contributed by atoms with van der Waals surface area (Å²) in [6.07, 6.45) is 5.41. The zero-order valence-electron chi connectivity index (χ0n) is 11.6. The van der Waals surface area contributed by atoms with Gasteiger partial charge in [0.2, 0.25) is 0 Å². The minimum absolute atomic E-state index is 0.0397. The molecule has 0 bridgehead atoms. The Balaban J connectivity index is 1.76. The number of hydrogen-bond acceptors (Lipinski definition) is 4. The number of nitrogens with zero attached hydrogens (tertiary/aromatic N) is 2. The average molecular weight is 273 g/mol. The van der Waals surface area contributed by atoms with E-state index in [4.69, 9.17) is 4.74 Å². The summed E-state index contributed by atoms with van der Waals surface area (Å²) in [6, 6.07) is 7.51. The van der Waals surface area contributed by atoms with Gasteiger partial charge in [0, 0.05) is 32.0 Å². The number of pyridine rings is 1. The van der Waals surface area contributed by atoms with Crippen LogP contribution in [0.4, 0.5) is 0 Å². The molecule has 0 radical (unpaired) electrons. The van der Waals surface area contributed by atoms with Crippen LogP contribution in [-0.4, -0.2) is 28.6 Å². The number of fused-ring (bicyclic) bond motifs is 1. The number of rotatable bonds is 4. The topological polar surface area (TPSA) is 55.6 Å². The number of nitrogens with one attached hydrogen (secondary N) is 1. The van der Waals surface area contributed by atoms with Crippen molar-refractivity contribution in [3.8, 4) is 0 Å². The molecule has 2 heterocycles. The maximum atomic E-state index is 12.0. The van der Waals surface area contributed by atoms with Crippen molar-refractivity contribution in [3.05, 3.63) is 46.5 Å². The van der Waals surface area contributed by atoms with E-state index in [1.807, 2.05) is 18.2 Å². The Morgan fingerprint density at radius 3 is 3.20 bits per heavy atom. The van der Waals surface area contributed by atoms with Gasteiger partial charge in [0.15, 0.2) is 0 Å². The number of hydrogen-bond donors (Lipinski definition) is 1. The summed E-state index contributed by atoms with van der Waals surface area (Å²) >= 11 is 0. The third-order valence-electron chi connectivity index (χ3n) is 3.92. The van der Waals surface area contributed by atoms with Crippen LogP contribution in [0, 0.1) is 0 Å². The summed E-state index contributed by atoms with van der Waals surface area (Å²) in [7, 11) is 1.76. The maximum Gasteiger partial charge on any atom is 0.258 e. The summed E-state index contributed by atoms with van der Waals surface area (Å²) in [5.41, 5.74) is 1.43. The van der Waals surface area contributed by atoms with Crippen LogP contribution in [0.3, 0.4) is 0 Å². The normalized spacial score (nSPS) is 22.4. The molecule has 5 heteroatoms. The number of aromatic nitrogens is 2. The molecule has 0 aromatic carbocycles. The molecule has 0 spiro atoms. The fourth-order valence-corrected chi connectivity index (χ4v) is 2.87. The lowest BCUT2D eigenvalue weighted by Crippen LogP contribution is -2.36. The second-order valence-electron chi connectivity index (χ2n) is 5.21. The van der Waals surface area contributed by atoms with Crippen molar-refractivity contribution < 1.29 is 4.74 Å². The minimum Gasteiger partial charge on any atom is -0.380 e. The molecule has 1 saturated carbocycles. The highest BCUT2D eigenvalue weighted by Crippen LogP contribution is 2.21. The summed E-state index contributed by atoms with van der Waals surface area (Å²) < 4.78 is 7.01.